The van der Waals surface area contributed by atoms with Crippen molar-refractivity contribution in [3.63, 3.8) is 0 Å². The van der Waals surface area contributed by atoms with Gasteiger partial charge in [0, 0.05) is 6.54 Å². The molecule has 0 aliphatic carbocycles. The summed E-state index contributed by atoms with van der Waals surface area (Å²) in [4.78, 5) is 12.5. The van der Waals surface area contributed by atoms with Crippen LogP contribution in [0.25, 0.3) is 0 Å². The molecule has 0 saturated carbocycles. The van der Waals surface area contributed by atoms with Crippen molar-refractivity contribution in [3.8, 4) is 11.5 Å². The van der Waals surface area contributed by atoms with Crippen LogP contribution in [-0.2, 0) is 14.8 Å². The molecule has 1 aliphatic heterocycles. The normalized spacial score (nSPS) is 16.1. The third kappa shape index (κ3) is 4.06. The van der Waals surface area contributed by atoms with E-state index < -0.39 is 16.1 Å². The summed E-state index contributed by atoms with van der Waals surface area (Å²) in [5.74, 6) is 0.629. The molecule has 0 saturated heterocycles. The number of sulfonamides is 1. The molecule has 150 valence electrons. The van der Waals surface area contributed by atoms with Gasteiger partial charge in [-0.15, -0.1) is 0 Å². The molecule has 0 unspecified atom stereocenters. The van der Waals surface area contributed by atoms with E-state index in [2.05, 4.69) is 5.32 Å². The van der Waals surface area contributed by atoms with Crippen molar-refractivity contribution in [2.45, 2.75) is 31.3 Å². The summed E-state index contributed by atoms with van der Waals surface area (Å²) in [5, 5.41) is 2.76. The minimum Gasteiger partial charge on any atom is -0.494 e. The van der Waals surface area contributed by atoms with Crippen molar-refractivity contribution in [3.05, 3.63) is 48.5 Å². The number of rotatable bonds is 7. The van der Waals surface area contributed by atoms with E-state index >= 15 is 0 Å². The zero-order valence-corrected chi connectivity index (χ0v) is 16.7. The maximum atomic E-state index is 13.3. The van der Waals surface area contributed by atoms with Gasteiger partial charge in [0.25, 0.3) is 15.9 Å². The molecule has 1 amide bonds. The quantitative estimate of drug-likeness (QED) is 0.767. The molecule has 7 nitrogen and oxygen atoms in total. The van der Waals surface area contributed by atoms with Crippen molar-refractivity contribution in [2.75, 3.05) is 24.0 Å². The maximum Gasteiger partial charge on any atom is 0.264 e. The highest BCUT2D eigenvalue weighted by Crippen LogP contribution is 2.37. The highest BCUT2D eigenvalue weighted by atomic mass is 32.2. The number of para-hydroxylation sites is 2. The van der Waals surface area contributed by atoms with Crippen LogP contribution in [0.5, 0.6) is 11.5 Å². The van der Waals surface area contributed by atoms with Crippen LogP contribution in [0.2, 0.25) is 0 Å². The summed E-state index contributed by atoms with van der Waals surface area (Å²) in [6.07, 6.45) is -0.137. The van der Waals surface area contributed by atoms with Gasteiger partial charge in [-0.3, -0.25) is 9.10 Å². The second kappa shape index (κ2) is 8.52. The number of nitrogens with one attached hydrogen (secondary N) is 1. The Bertz CT molecular complexity index is 928. The molecule has 3 rings (SSSR count). The Labute approximate surface area is 165 Å². The van der Waals surface area contributed by atoms with Crippen LogP contribution < -0.4 is 19.1 Å². The van der Waals surface area contributed by atoms with E-state index in [0.717, 1.165) is 6.42 Å². The van der Waals surface area contributed by atoms with Crippen LogP contribution in [-0.4, -0.2) is 40.1 Å². The summed E-state index contributed by atoms with van der Waals surface area (Å²) < 4.78 is 39.0. The highest BCUT2D eigenvalue weighted by Gasteiger charge is 2.37. The van der Waals surface area contributed by atoms with Gasteiger partial charge in [-0.2, -0.15) is 0 Å². The molecule has 1 aliphatic rings. The lowest BCUT2D eigenvalue weighted by molar-refractivity contribution is -0.127. The van der Waals surface area contributed by atoms with Crippen molar-refractivity contribution in [1.29, 1.82) is 0 Å². The molecular formula is C20H24N2O5S. The predicted molar refractivity (Wildman–Crippen MR) is 106 cm³/mol. The number of ether oxygens (including phenoxy) is 2. The Balaban J connectivity index is 1.94. The average molecular weight is 404 g/mol. The number of hydrogen-bond acceptors (Lipinski definition) is 5. The number of amides is 1. The largest absolute Gasteiger partial charge is 0.494 e. The van der Waals surface area contributed by atoms with Gasteiger partial charge in [0.2, 0.25) is 0 Å². The summed E-state index contributed by atoms with van der Waals surface area (Å²) in [6, 6.07) is 13.1. The fourth-order valence-electron chi connectivity index (χ4n) is 2.93. The van der Waals surface area contributed by atoms with Crippen LogP contribution in [0.15, 0.2) is 53.4 Å². The van der Waals surface area contributed by atoms with Gasteiger partial charge in [-0.25, -0.2) is 8.42 Å². The van der Waals surface area contributed by atoms with Gasteiger partial charge >= 0.3 is 0 Å². The predicted octanol–water partition coefficient (Wildman–Crippen LogP) is 2.57. The van der Waals surface area contributed by atoms with Gasteiger partial charge in [0.1, 0.15) is 11.5 Å². The molecule has 28 heavy (non-hydrogen) atoms. The van der Waals surface area contributed by atoms with E-state index in [0.29, 0.717) is 30.3 Å². The fourth-order valence-corrected chi connectivity index (χ4v) is 4.41. The van der Waals surface area contributed by atoms with Crippen LogP contribution in [0, 0.1) is 0 Å². The minimum absolute atomic E-state index is 0.0951. The van der Waals surface area contributed by atoms with E-state index in [9.17, 15) is 13.2 Å². The smallest absolute Gasteiger partial charge is 0.264 e. The van der Waals surface area contributed by atoms with Crippen LogP contribution in [0.4, 0.5) is 5.69 Å². The molecular weight excluding hydrogens is 380 g/mol. The monoisotopic (exact) mass is 404 g/mol. The summed E-state index contributed by atoms with van der Waals surface area (Å²) in [6.45, 7) is 4.71. The first-order chi connectivity index (χ1) is 13.5. The molecule has 1 atom stereocenters. The molecule has 1 N–H and O–H groups in total. The molecule has 0 spiro atoms. The fraction of sp³-hybridized carbons (Fsp3) is 0.350. The van der Waals surface area contributed by atoms with Gasteiger partial charge in [0.15, 0.2) is 6.10 Å². The number of hydrogen-bond donors (Lipinski definition) is 1. The zero-order valence-electron chi connectivity index (χ0n) is 15.9. The highest BCUT2D eigenvalue weighted by molar-refractivity contribution is 7.92. The van der Waals surface area contributed by atoms with Gasteiger partial charge in [-0.1, -0.05) is 19.1 Å². The Morgan fingerprint density at radius 1 is 1.18 bits per heavy atom. The Morgan fingerprint density at radius 2 is 1.89 bits per heavy atom. The summed E-state index contributed by atoms with van der Waals surface area (Å²) in [5.41, 5.74) is 0.413. The van der Waals surface area contributed by atoms with Crippen molar-refractivity contribution in [1.82, 2.24) is 5.32 Å². The van der Waals surface area contributed by atoms with E-state index in [1.807, 2.05) is 13.8 Å². The van der Waals surface area contributed by atoms with E-state index in [1.165, 1.54) is 16.4 Å². The number of carbonyl (C=O) groups excluding carboxylic acids is 1. The number of nitrogens with zero attached hydrogens (tertiary/aromatic N) is 1. The Kier molecular flexibility index (Phi) is 6.08. The number of carbonyl (C=O) groups is 1. The molecule has 2 aromatic rings. The zero-order chi connectivity index (χ0) is 20.1. The summed E-state index contributed by atoms with van der Waals surface area (Å²) >= 11 is 0. The molecule has 2 aromatic carbocycles. The molecule has 0 radical (unpaired) electrons. The maximum absolute atomic E-state index is 13.3. The summed E-state index contributed by atoms with van der Waals surface area (Å²) in [7, 11) is -3.88. The van der Waals surface area contributed by atoms with Gasteiger partial charge in [0.05, 0.1) is 23.7 Å². The molecule has 8 heteroatoms. The average Bonchev–Trinajstić information content (AvgIpc) is 2.71. The SMILES string of the molecule is CCCNC(=O)[C@H]1CN(S(=O)(=O)c2ccc(OCC)cc2)c2ccccc2O1. The standard InChI is InChI=1S/C20H24N2O5S/c1-3-13-21-20(23)19-14-22(17-7-5-6-8-18(17)27-19)28(24,25)16-11-9-15(10-12-16)26-4-2/h5-12,19H,3-4,13-14H2,1-2H3,(H,21,23)/t19-/m1/s1. The van der Waals surface area contributed by atoms with Crippen LogP contribution in [0.3, 0.4) is 0 Å². The molecule has 0 aromatic heterocycles. The molecule has 0 bridgehead atoms. The van der Waals surface area contributed by atoms with E-state index in [1.54, 1.807) is 36.4 Å². The topological polar surface area (TPSA) is 84.9 Å². The van der Waals surface area contributed by atoms with Crippen LogP contribution >= 0.6 is 0 Å². The van der Waals surface area contributed by atoms with Crippen LogP contribution in [0.1, 0.15) is 20.3 Å². The second-order valence-electron chi connectivity index (χ2n) is 6.31. The van der Waals surface area contributed by atoms with E-state index in [-0.39, 0.29) is 17.3 Å². The first-order valence-corrected chi connectivity index (χ1v) is 10.7. The number of anilines is 1. The second-order valence-corrected chi connectivity index (χ2v) is 8.17. The Morgan fingerprint density at radius 3 is 2.57 bits per heavy atom. The first-order valence-electron chi connectivity index (χ1n) is 9.26. The van der Waals surface area contributed by atoms with E-state index in [4.69, 9.17) is 9.47 Å². The van der Waals surface area contributed by atoms with Crippen molar-refractivity contribution >= 4 is 21.6 Å². The lowest BCUT2D eigenvalue weighted by atomic mass is 10.2. The van der Waals surface area contributed by atoms with Crippen molar-refractivity contribution < 1.29 is 22.7 Å². The van der Waals surface area contributed by atoms with Crippen molar-refractivity contribution in [2.24, 2.45) is 0 Å². The number of fused-ring (bicyclic) bond motifs is 1. The lowest BCUT2D eigenvalue weighted by Gasteiger charge is -2.34. The minimum atomic E-state index is -3.88. The molecule has 0 fully saturated rings. The third-order valence-electron chi connectivity index (χ3n) is 4.30. The first kappa shape index (κ1) is 20.0. The van der Waals surface area contributed by atoms with Gasteiger partial charge < -0.3 is 14.8 Å². The van der Waals surface area contributed by atoms with Gasteiger partial charge in [-0.05, 0) is 49.7 Å². The Hall–Kier alpha value is -2.74. The third-order valence-corrected chi connectivity index (χ3v) is 6.09. The number of benzene rings is 2. The lowest BCUT2D eigenvalue weighted by Crippen LogP contribution is -2.50. The molecule has 1 heterocycles.